The average molecular weight is 555 g/mol. The number of likely N-dealkylation sites (N-methyl/N-ethyl adjacent to an activating group) is 2. The van der Waals surface area contributed by atoms with Gasteiger partial charge in [0.15, 0.2) is 5.96 Å². The number of nitrogens with zero attached hydrogens (tertiary/aromatic N) is 3. The van der Waals surface area contributed by atoms with E-state index in [9.17, 15) is 8.78 Å². The molecule has 178 valence electrons. The highest BCUT2D eigenvalue weighted by Crippen LogP contribution is 2.27. The van der Waals surface area contributed by atoms with Crippen molar-refractivity contribution in [3.05, 3.63) is 23.8 Å². The van der Waals surface area contributed by atoms with Gasteiger partial charge in [-0.3, -0.25) is 4.90 Å². The lowest BCUT2D eigenvalue weighted by Crippen LogP contribution is -2.55. The van der Waals surface area contributed by atoms with Crippen molar-refractivity contribution in [2.24, 2.45) is 4.99 Å². The Morgan fingerprint density at radius 1 is 1.23 bits per heavy atom. The van der Waals surface area contributed by atoms with Gasteiger partial charge in [0.2, 0.25) is 0 Å². The first-order valence-electron chi connectivity index (χ1n) is 10.5. The quantitative estimate of drug-likeness (QED) is 0.263. The minimum atomic E-state index is -2.90. The molecule has 0 aliphatic carbocycles. The van der Waals surface area contributed by atoms with E-state index in [4.69, 9.17) is 9.47 Å². The third-order valence-electron chi connectivity index (χ3n) is 4.96. The number of alkyl halides is 2. The molecule has 1 aliphatic heterocycles. The zero-order chi connectivity index (χ0) is 21.9. The van der Waals surface area contributed by atoms with Crippen molar-refractivity contribution in [3.8, 4) is 11.5 Å². The van der Waals surface area contributed by atoms with Crippen LogP contribution in [0.2, 0.25) is 0 Å². The lowest BCUT2D eigenvalue weighted by atomic mass is 10.2. The van der Waals surface area contributed by atoms with Crippen molar-refractivity contribution in [2.45, 2.75) is 39.5 Å². The Morgan fingerprint density at radius 2 is 2.00 bits per heavy atom. The van der Waals surface area contributed by atoms with E-state index in [1.165, 1.54) is 6.07 Å². The van der Waals surface area contributed by atoms with Gasteiger partial charge in [-0.25, -0.2) is 4.99 Å². The molecule has 1 fully saturated rings. The summed E-state index contributed by atoms with van der Waals surface area (Å²) in [5, 5.41) is 6.58. The van der Waals surface area contributed by atoms with E-state index in [1.54, 1.807) is 12.1 Å². The molecule has 1 heterocycles. The minimum Gasteiger partial charge on any atom is -0.493 e. The lowest BCUT2D eigenvalue weighted by Gasteiger charge is -2.37. The van der Waals surface area contributed by atoms with Crippen molar-refractivity contribution in [3.63, 3.8) is 0 Å². The van der Waals surface area contributed by atoms with E-state index in [-0.39, 0.29) is 36.3 Å². The molecule has 31 heavy (non-hydrogen) atoms. The van der Waals surface area contributed by atoms with Crippen molar-refractivity contribution >= 4 is 29.9 Å². The standard InChI is InChI=1S/C21H35F2N5O2.HI/c1-5-11-29-18-8-7-16(19(12-18)30-20(22)23)13-25-21(24-6-2)26-14-17-15-27(3)9-10-28(17)4;/h7-8,12,17,20H,5-6,9-11,13-15H2,1-4H3,(H2,24,25,26);1H. The second kappa shape index (κ2) is 14.6. The van der Waals surface area contributed by atoms with E-state index < -0.39 is 6.61 Å². The summed E-state index contributed by atoms with van der Waals surface area (Å²) >= 11 is 0. The van der Waals surface area contributed by atoms with Crippen LogP contribution in [0.5, 0.6) is 11.5 Å². The molecular weight excluding hydrogens is 519 g/mol. The van der Waals surface area contributed by atoms with Crippen LogP contribution in [0, 0.1) is 0 Å². The molecule has 1 aromatic rings. The average Bonchev–Trinajstić information content (AvgIpc) is 2.71. The third kappa shape index (κ3) is 9.73. The SMILES string of the molecule is CCCOc1ccc(CN=C(NCC)NCC2CN(C)CCN2C)c(OC(F)F)c1.I. The van der Waals surface area contributed by atoms with Crippen LogP contribution in [0.4, 0.5) is 8.78 Å². The summed E-state index contributed by atoms with van der Waals surface area (Å²) in [4.78, 5) is 9.21. The van der Waals surface area contributed by atoms with Crippen molar-refractivity contribution in [1.82, 2.24) is 20.4 Å². The van der Waals surface area contributed by atoms with Gasteiger partial charge in [-0.2, -0.15) is 8.78 Å². The van der Waals surface area contributed by atoms with Crippen LogP contribution in [0.1, 0.15) is 25.8 Å². The summed E-state index contributed by atoms with van der Waals surface area (Å²) in [7, 11) is 4.25. The number of benzene rings is 1. The molecule has 7 nitrogen and oxygen atoms in total. The Kier molecular flexibility index (Phi) is 13.0. The summed E-state index contributed by atoms with van der Waals surface area (Å²) in [6.45, 7) is 6.32. The number of halogens is 3. The number of ether oxygens (including phenoxy) is 2. The molecule has 0 radical (unpaired) electrons. The lowest BCUT2D eigenvalue weighted by molar-refractivity contribution is -0.0505. The second-order valence-electron chi connectivity index (χ2n) is 7.47. The zero-order valence-corrected chi connectivity index (χ0v) is 21.2. The van der Waals surface area contributed by atoms with Crippen LogP contribution in [0.15, 0.2) is 23.2 Å². The molecular formula is C21H36F2IN5O2. The molecule has 1 aliphatic rings. The van der Waals surface area contributed by atoms with Crippen LogP contribution in [0.3, 0.4) is 0 Å². The maximum atomic E-state index is 12.9. The molecule has 1 atom stereocenters. The molecule has 10 heteroatoms. The molecule has 1 aromatic carbocycles. The number of rotatable bonds is 10. The van der Waals surface area contributed by atoms with Gasteiger partial charge in [0.25, 0.3) is 0 Å². The number of guanidine groups is 1. The summed E-state index contributed by atoms with van der Waals surface area (Å²) in [6, 6.07) is 5.35. The Hall–Kier alpha value is -1.40. The van der Waals surface area contributed by atoms with Crippen LogP contribution in [-0.2, 0) is 6.54 Å². The summed E-state index contributed by atoms with van der Waals surface area (Å²) < 4.78 is 36.0. The van der Waals surface area contributed by atoms with E-state index in [0.29, 0.717) is 36.5 Å². The number of hydrogen-bond donors (Lipinski definition) is 2. The van der Waals surface area contributed by atoms with Crippen molar-refractivity contribution in [1.29, 1.82) is 0 Å². The normalized spacial score (nSPS) is 17.9. The van der Waals surface area contributed by atoms with Crippen LogP contribution in [-0.4, -0.2) is 81.8 Å². The third-order valence-corrected chi connectivity index (χ3v) is 4.96. The van der Waals surface area contributed by atoms with Crippen LogP contribution >= 0.6 is 24.0 Å². The first kappa shape index (κ1) is 27.6. The largest absolute Gasteiger partial charge is 0.493 e. The van der Waals surface area contributed by atoms with Gasteiger partial charge < -0.3 is 25.0 Å². The molecule has 0 bridgehead atoms. The molecule has 1 unspecified atom stereocenters. The predicted molar refractivity (Wildman–Crippen MR) is 131 cm³/mol. The smallest absolute Gasteiger partial charge is 0.387 e. The van der Waals surface area contributed by atoms with Crippen LogP contribution in [0.25, 0.3) is 0 Å². The monoisotopic (exact) mass is 555 g/mol. The zero-order valence-electron chi connectivity index (χ0n) is 18.9. The summed E-state index contributed by atoms with van der Waals surface area (Å²) in [5.41, 5.74) is 0.575. The van der Waals surface area contributed by atoms with Gasteiger partial charge in [0.05, 0.1) is 13.2 Å². The number of hydrogen-bond acceptors (Lipinski definition) is 5. The topological polar surface area (TPSA) is 61.4 Å². The first-order chi connectivity index (χ1) is 14.4. The van der Waals surface area contributed by atoms with Gasteiger partial charge in [-0.1, -0.05) is 6.92 Å². The van der Waals surface area contributed by atoms with Crippen molar-refractivity contribution in [2.75, 3.05) is 53.4 Å². The Morgan fingerprint density at radius 3 is 2.68 bits per heavy atom. The van der Waals surface area contributed by atoms with Gasteiger partial charge in [0.1, 0.15) is 11.5 Å². The number of aliphatic imine (C=N–C) groups is 1. The fourth-order valence-corrected chi connectivity index (χ4v) is 3.22. The number of piperazine rings is 1. The van der Waals surface area contributed by atoms with Gasteiger partial charge in [0, 0.05) is 50.4 Å². The number of nitrogens with one attached hydrogen (secondary N) is 2. The molecule has 0 spiro atoms. The van der Waals surface area contributed by atoms with E-state index >= 15 is 0 Å². The molecule has 0 saturated carbocycles. The predicted octanol–water partition coefficient (Wildman–Crippen LogP) is 3.00. The Labute approximate surface area is 201 Å². The maximum absolute atomic E-state index is 12.9. The van der Waals surface area contributed by atoms with Crippen molar-refractivity contribution < 1.29 is 18.3 Å². The molecule has 0 aromatic heterocycles. The second-order valence-corrected chi connectivity index (χ2v) is 7.47. The molecule has 0 amide bonds. The molecule has 2 N–H and O–H groups in total. The van der Waals surface area contributed by atoms with E-state index in [1.807, 2.05) is 13.8 Å². The molecule has 2 rings (SSSR count). The summed E-state index contributed by atoms with van der Waals surface area (Å²) in [6.07, 6.45) is 0.834. The van der Waals surface area contributed by atoms with Gasteiger partial charge in [-0.05, 0) is 39.6 Å². The highest BCUT2D eigenvalue weighted by Gasteiger charge is 2.22. The minimum absolute atomic E-state index is 0. The Bertz CT molecular complexity index is 681. The van der Waals surface area contributed by atoms with E-state index in [0.717, 1.165) is 32.6 Å². The highest BCUT2D eigenvalue weighted by atomic mass is 127. The van der Waals surface area contributed by atoms with Crippen LogP contribution < -0.4 is 20.1 Å². The van der Waals surface area contributed by atoms with E-state index in [2.05, 4.69) is 39.5 Å². The van der Waals surface area contributed by atoms with Gasteiger partial charge >= 0.3 is 6.61 Å². The Balaban J connectivity index is 0.00000480. The maximum Gasteiger partial charge on any atom is 0.387 e. The highest BCUT2D eigenvalue weighted by molar-refractivity contribution is 14.0. The fraction of sp³-hybridized carbons (Fsp3) is 0.667. The van der Waals surface area contributed by atoms with Gasteiger partial charge in [-0.15, -0.1) is 24.0 Å². The fourth-order valence-electron chi connectivity index (χ4n) is 3.22. The molecule has 1 saturated heterocycles. The summed E-state index contributed by atoms with van der Waals surface area (Å²) in [5.74, 6) is 1.25. The first-order valence-corrected chi connectivity index (χ1v) is 10.5.